The minimum absolute atomic E-state index is 0.164. The number of ether oxygens (including phenoxy) is 1. The summed E-state index contributed by atoms with van der Waals surface area (Å²) in [6.45, 7) is 4.78. The van der Waals surface area contributed by atoms with Crippen molar-refractivity contribution >= 4 is 0 Å². The molecule has 0 unspecified atom stereocenters. The zero-order valence-electron chi connectivity index (χ0n) is 12.9. The van der Waals surface area contributed by atoms with Crippen molar-refractivity contribution in [3.63, 3.8) is 0 Å². The van der Waals surface area contributed by atoms with Gasteiger partial charge in [-0.2, -0.15) is 0 Å². The first kappa shape index (κ1) is 15.6. The quantitative estimate of drug-likeness (QED) is 0.699. The van der Waals surface area contributed by atoms with Gasteiger partial charge < -0.3 is 4.74 Å². The predicted molar refractivity (Wildman–Crippen MR) is 85.4 cm³/mol. The van der Waals surface area contributed by atoms with Crippen LogP contribution in [0.15, 0.2) is 42.5 Å². The highest BCUT2D eigenvalue weighted by molar-refractivity contribution is 5.30. The molecule has 0 spiro atoms. The number of hydrogen-bond donors (Lipinski definition) is 0. The van der Waals surface area contributed by atoms with Gasteiger partial charge in [0.05, 0.1) is 6.61 Å². The molecule has 0 saturated carbocycles. The van der Waals surface area contributed by atoms with Gasteiger partial charge in [0, 0.05) is 12.5 Å². The molecule has 0 atom stereocenters. The Kier molecular flexibility index (Phi) is 5.79. The highest BCUT2D eigenvalue weighted by Crippen LogP contribution is 2.18. The molecular weight excluding hydrogens is 263 g/mol. The van der Waals surface area contributed by atoms with Crippen LogP contribution in [0.4, 0.5) is 4.39 Å². The lowest BCUT2D eigenvalue weighted by atomic mass is 10.0. The summed E-state index contributed by atoms with van der Waals surface area (Å²) in [5.41, 5.74) is 3.43. The zero-order valence-corrected chi connectivity index (χ0v) is 12.9. The van der Waals surface area contributed by atoms with E-state index in [9.17, 15) is 4.39 Å². The van der Waals surface area contributed by atoms with E-state index in [0.717, 1.165) is 31.2 Å². The van der Waals surface area contributed by atoms with Crippen molar-refractivity contribution in [2.75, 3.05) is 6.61 Å². The highest BCUT2D eigenvalue weighted by Gasteiger charge is 2.04. The normalized spacial score (nSPS) is 10.6. The maximum absolute atomic E-state index is 13.8. The minimum Gasteiger partial charge on any atom is -0.493 e. The van der Waals surface area contributed by atoms with Crippen LogP contribution in [0.25, 0.3) is 0 Å². The third kappa shape index (κ3) is 4.32. The van der Waals surface area contributed by atoms with Crippen LogP contribution < -0.4 is 4.74 Å². The van der Waals surface area contributed by atoms with Crippen LogP contribution in [0.3, 0.4) is 0 Å². The van der Waals surface area contributed by atoms with Gasteiger partial charge in [0.25, 0.3) is 0 Å². The van der Waals surface area contributed by atoms with Gasteiger partial charge in [0.15, 0.2) is 0 Å². The van der Waals surface area contributed by atoms with Crippen LogP contribution in [0, 0.1) is 5.82 Å². The average Bonchev–Trinajstić information content (AvgIpc) is 2.50. The molecule has 0 aliphatic rings. The lowest BCUT2D eigenvalue weighted by Crippen LogP contribution is -2.04. The highest BCUT2D eigenvalue weighted by atomic mass is 19.1. The lowest BCUT2D eigenvalue weighted by molar-refractivity contribution is 0.319. The molecule has 2 heteroatoms. The summed E-state index contributed by atoms with van der Waals surface area (Å²) in [7, 11) is 0. The lowest BCUT2D eigenvalue weighted by Gasteiger charge is -2.10. The van der Waals surface area contributed by atoms with Crippen LogP contribution >= 0.6 is 0 Å². The van der Waals surface area contributed by atoms with Crippen LogP contribution in [0.1, 0.15) is 37.0 Å². The summed E-state index contributed by atoms with van der Waals surface area (Å²) >= 11 is 0. The molecule has 112 valence electrons. The van der Waals surface area contributed by atoms with Gasteiger partial charge in [0.1, 0.15) is 11.6 Å². The second-order valence-corrected chi connectivity index (χ2v) is 5.22. The van der Waals surface area contributed by atoms with Crippen molar-refractivity contribution in [3.05, 3.63) is 65.0 Å². The third-order valence-corrected chi connectivity index (χ3v) is 3.68. The molecule has 2 aromatic carbocycles. The minimum atomic E-state index is -0.164. The van der Waals surface area contributed by atoms with Gasteiger partial charge in [-0.05, 0) is 35.6 Å². The Morgan fingerprint density at radius 1 is 0.905 bits per heavy atom. The fourth-order valence-corrected chi connectivity index (χ4v) is 2.52. The van der Waals surface area contributed by atoms with Crippen molar-refractivity contribution in [3.8, 4) is 5.75 Å². The first-order chi connectivity index (χ1) is 10.2. The molecule has 0 amide bonds. The molecule has 0 fully saturated rings. The van der Waals surface area contributed by atoms with E-state index in [1.807, 2.05) is 18.2 Å². The van der Waals surface area contributed by atoms with Gasteiger partial charge in [-0.1, -0.05) is 50.6 Å². The monoisotopic (exact) mass is 286 g/mol. The van der Waals surface area contributed by atoms with Crippen molar-refractivity contribution in [1.29, 1.82) is 0 Å². The Balaban J connectivity index is 1.93. The van der Waals surface area contributed by atoms with Crippen LogP contribution in [-0.2, 0) is 19.3 Å². The number of halogens is 1. The van der Waals surface area contributed by atoms with E-state index in [2.05, 4.69) is 32.0 Å². The molecule has 2 aromatic rings. The summed E-state index contributed by atoms with van der Waals surface area (Å²) in [6.07, 6.45) is 3.60. The van der Waals surface area contributed by atoms with Gasteiger partial charge in [-0.15, -0.1) is 0 Å². The fourth-order valence-electron chi connectivity index (χ4n) is 2.52. The Morgan fingerprint density at radius 2 is 1.67 bits per heavy atom. The maximum Gasteiger partial charge on any atom is 0.130 e. The maximum atomic E-state index is 13.8. The second-order valence-electron chi connectivity index (χ2n) is 5.22. The predicted octanol–water partition coefficient (Wildman–Crippen LogP) is 4.96. The Morgan fingerprint density at radius 3 is 2.33 bits per heavy atom. The largest absolute Gasteiger partial charge is 0.493 e. The Hall–Kier alpha value is -1.83. The molecule has 0 bridgehead atoms. The topological polar surface area (TPSA) is 9.23 Å². The molecule has 1 nitrogen and oxygen atoms in total. The molecule has 0 heterocycles. The van der Waals surface area contributed by atoms with Crippen molar-refractivity contribution in [1.82, 2.24) is 0 Å². The summed E-state index contributed by atoms with van der Waals surface area (Å²) in [5, 5.41) is 0. The number of rotatable bonds is 7. The van der Waals surface area contributed by atoms with Gasteiger partial charge in [0.2, 0.25) is 0 Å². The molecule has 0 N–H and O–H groups in total. The van der Waals surface area contributed by atoms with Gasteiger partial charge >= 0.3 is 0 Å². The summed E-state index contributed by atoms with van der Waals surface area (Å²) < 4.78 is 19.5. The number of aryl methyl sites for hydroxylation is 2. The van der Waals surface area contributed by atoms with Gasteiger partial charge in [-0.3, -0.25) is 0 Å². The molecule has 0 aliphatic carbocycles. The van der Waals surface area contributed by atoms with Crippen molar-refractivity contribution in [2.45, 2.75) is 39.5 Å². The van der Waals surface area contributed by atoms with E-state index in [4.69, 9.17) is 4.74 Å². The average molecular weight is 286 g/mol. The molecule has 21 heavy (non-hydrogen) atoms. The van der Waals surface area contributed by atoms with E-state index in [-0.39, 0.29) is 5.82 Å². The Labute approximate surface area is 126 Å². The Bertz CT molecular complexity index is 578. The first-order valence-corrected chi connectivity index (χ1v) is 7.72. The molecule has 0 radical (unpaired) electrons. The molecular formula is C19H23FO. The number of benzene rings is 2. The first-order valence-electron chi connectivity index (χ1n) is 7.72. The van der Waals surface area contributed by atoms with E-state index < -0.39 is 0 Å². The van der Waals surface area contributed by atoms with Crippen molar-refractivity contribution in [2.24, 2.45) is 0 Å². The number of hydrogen-bond acceptors (Lipinski definition) is 1. The fraction of sp³-hybridized carbons (Fsp3) is 0.368. The summed E-state index contributed by atoms with van der Waals surface area (Å²) in [5.74, 6) is 0.449. The molecule has 0 aromatic heterocycles. The van der Waals surface area contributed by atoms with Gasteiger partial charge in [-0.25, -0.2) is 4.39 Å². The second kappa shape index (κ2) is 7.82. The van der Waals surface area contributed by atoms with Crippen LogP contribution in [0.2, 0.25) is 0 Å². The van der Waals surface area contributed by atoms with E-state index in [1.165, 1.54) is 17.2 Å². The van der Waals surface area contributed by atoms with Crippen molar-refractivity contribution < 1.29 is 9.13 Å². The SMILES string of the molecule is CCCc1ccc(OCCc2ccccc2CC)cc1F. The summed E-state index contributed by atoms with van der Waals surface area (Å²) in [4.78, 5) is 0. The molecule has 0 saturated heterocycles. The van der Waals surface area contributed by atoms with Crippen LogP contribution in [0.5, 0.6) is 5.75 Å². The third-order valence-electron chi connectivity index (χ3n) is 3.68. The molecule has 2 rings (SSSR count). The summed E-state index contributed by atoms with van der Waals surface area (Å²) in [6, 6.07) is 13.6. The van der Waals surface area contributed by atoms with E-state index in [1.54, 1.807) is 0 Å². The molecule has 0 aliphatic heterocycles. The standard InChI is InChI=1S/C19H23FO/c1-3-7-17-10-11-18(14-19(17)20)21-13-12-16-9-6-5-8-15(16)4-2/h5-6,8-11,14H,3-4,7,12-13H2,1-2H3. The zero-order chi connectivity index (χ0) is 15.1. The smallest absolute Gasteiger partial charge is 0.130 e. The van der Waals surface area contributed by atoms with E-state index in [0.29, 0.717) is 12.4 Å². The van der Waals surface area contributed by atoms with Crippen LogP contribution in [-0.4, -0.2) is 6.61 Å². The van der Waals surface area contributed by atoms with E-state index >= 15 is 0 Å².